The minimum atomic E-state index is -0.401. The Kier molecular flexibility index (Phi) is 4.35. The van der Waals surface area contributed by atoms with Crippen LogP contribution in [0.25, 0.3) is 0 Å². The van der Waals surface area contributed by atoms with Gasteiger partial charge in [-0.05, 0) is 48.0 Å². The van der Waals surface area contributed by atoms with Crippen molar-refractivity contribution in [3.63, 3.8) is 0 Å². The number of rotatable bonds is 3. The summed E-state index contributed by atoms with van der Waals surface area (Å²) in [6.07, 6.45) is 0.549. The molecule has 0 fully saturated rings. The maximum atomic E-state index is 13.7. The van der Waals surface area contributed by atoms with E-state index in [-0.39, 0.29) is 11.8 Å². The predicted octanol–water partition coefficient (Wildman–Crippen LogP) is 5.54. The van der Waals surface area contributed by atoms with Gasteiger partial charge >= 0.3 is 0 Å². The van der Waals surface area contributed by atoms with Gasteiger partial charge in [-0.2, -0.15) is 5.10 Å². The van der Waals surface area contributed by atoms with Gasteiger partial charge in [0, 0.05) is 17.0 Å². The standard InChI is InChI=1S/C21H16ClFN2O/c22-15-8-6-14(7-9-15)20-13-19(18-12-16(23)10-11-21(18)26)24-25(20)17-4-2-1-3-5-17/h1-12,20,26H,13H2. The van der Waals surface area contributed by atoms with E-state index in [9.17, 15) is 9.50 Å². The summed E-state index contributed by atoms with van der Waals surface area (Å²) in [7, 11) is 0. The molecule has 1 heterocycles. The zero-order valence-corrected chi connectivity index (χ0v) is 14.6. The Bertz CT molecular complexity index is 958. The lowest BCUT2D eigenvalue weighted by Crippen LogP contribution is -2.18. The van der Waals surface area contributed by atoms with E-state index in [2.05, 4.69) is 0 Å². The lowest BCUT2D eigenvalue weighted by molar-refractivity contribution is 0.471. The van der Waals surface area contributed by atoms with Crippen molar-refractivity contribution < 1.29 is 9.50 Å². The van der Waals surface area contributed by atoms with Crippen molar-refractivity contribution in [1.82, 2.24) is 0 Å². The quantitative estimate of drug-likeness (QED) is 0.660. The van der Waals surface area contributed by atoms with Crippen molar-refractivity contribution >= 4 is 23.0 Å². The molecule has 0 aliphatic carbocycles. The Balaban J connectivity index is 1.78. The number of halogens is 2. The molecule has 0 bridgehead atoms. The molecule has 3 nitrogen and oxygen atoms in total. The number of benzene rings is 3. The first-order chi connectivity index (χ1) is 12.6. The molecule has 1 unspecified atom stereocenters. The van der Waals surface area contributed by atoms with E-state index in [1.165, 1.54) is 18.2 Å². The summed E-state index contributed by atoms with van der Waals surface area (Å²) in [5.74, 6) is -0.378. The maximum absolute atomic E-state index is 13.7. The summed E-state index contributed by atoms with van der Waals surface area (Å²) >= 11 is 6.02. The zero-order valence-electron chi connectivity index (χ0n) is 13.8. The van der Waals surface area contributed by atoms with Crippen molar-refractivity contribution in [2.24, 2.45) is 5.10 Å². The van der Waals surface area contributed by atoms with Crippen LogP contribution in [-0.2, 0) is 0 Å². The fourth-order valence-electron chi connectivity index (χ4n) is 3.18. The highest BCUT2D eigenvalue weighted by molar-refractivity contribution is 6.30. The molecule has 3 aromatic rings. The highest BCUT2D eigenvalue weighted by Crippen LogP contribution is 2.38. The first-order valence-corrected chi connectivity index (χ1v) is 8.66. The molecule has 130 valence electrons. The molecule has 1 atom stereocenters. The molecule has 1 aliphatic heterocycles. The molecule has 0 amide bonds. The molecule has 4 rings (SSSR count). The molecule has 0 radical (unpaired) electrons. The molecule has 0 saturated heterocycles. The number of phenols is 1. The van der Waals surface area contributed by atoms with Gasteiger partial charge in [-0.15, -0.1) is 0 Å². The number of nitrogens with zero attached hydrogens (tertiary/aromatic N) is 2. The Morgan fingerprint density at radius 1 is 1.00 bits per heavy atom. The monoisotopic (exact) mass is 366 g/mol. The van der Waals surface area contributed by atoms with E-state index in [1.54, 1.807) is 0 Å². The number of hydrogen-bond donors (Lipinski definition) is 1. The second kappa shape index (κ2) is 6.81. The minimum absolute atomic E-state index is 0.0231. The SMILES string of the molecule is Oc1ccc(F)cc1C1=NN(c2ccccc2)C(c2ccc(Cl)cc2)C1. The smallest absolute Gasteiger partial charge is 0.124 e. The van der Waals surface area contributed by atoms with Crippen LogP contribution >= 0.6 is 11.6 Å². The first-order valence-electron chi connectivity index (χ1n) is 8.28. The second-order valence-electron chi connectivity index (χ2n) is 6.16. The molecular formula is C21H16ClFN2O. The summed E-state index contributed by atoms with van der Waals surface area (Å²) < 4.78 is 13.7. The van der Waals surface area contributed by atoms with Crippen molar-refractivity contribution in [3.05, 3.63) is 94.8 Å². The molecule has 0 saturated carbocycles. The molecule has 1 aliphatic rings. The van der Waals surface area contributed by atoms with Gasteiger partial charge in [0.2, 0.25) is 0 Å². The van der Waals surface area contributed by atoms with E-state index >= 15 is 0 Å². The summed E-state index contributed by atoms with van der Waals surface area (Å²) in [5.41, 5.74) is 3.04. The third-order valence-electron chi connectivity index (χ3n) is 4.46. The average molecular weight is 367 g/mol. The Morgan fingerprint density at radius 3 is 2.46 bits per heavy atom. The Morgan fingerprint density at radius 2 is 1.73 bits per heavy atom. The third-order valence-corrected chi connectivity index (χ3v) is 4.71. The van der Waals surface area contributed by atoms with Crippen molar-refractivity contribution in [2.75, 3.05) is 5.01 Å². The number of para-hydroxylation sites is 1. The van der Waals surface area contributed by atoms with Gasteiger partial charge in [-0.25, -0.2) is 4.39 Å². The molecule has 0 aromatic heterocycles. The van der Waals surface area contributed by atoms with Crippen molar-refractivity contribution in [1.29, 1.82) is 0 Å². The number of phenolic OH excluding ortho intramolecular Hbond substituents is 1. The molecule has 3 aromatic carbocycles. The van der Waals surface area contributed by atoms with Crippen LogP contribution in [0.2, 0.25) is 5.02 Å². The van der Waals surface area contributed by atoms with E-state index < -0.39 is 5.82 Å². The summed E-state index contributed by atoms with van der Waals surface area (Å²) in [5, 5.41) is 17.4. The maximum Gasteiger partial charge on any atom is 0.124 e. The molecule has 1 N–H and O–H groups in total. The highest BCUT2D eigenvalue weighted by Gasteiger charge is 2.31. The number of hydrogen-bond acceptors (Lipinski definition) is 3. The lowest BCUT2D eigenvalue weighted by atomic mass is 9.97. The van der Waals surface area contributed by atoms with Crippen LogP contribution in [0.3, 0.4) is 0 Å². The number of anilines is 1. The minimum Gasteiger partial charge on any atom is -0.507 e. The lowest BCUT2D eigenvalue weighted by Gasteiger charge is -2.24. The van der Waals surface area contributed by atoms with Gasteiger partial charge in [0.25, 0.3) is 0 Å². The largest absolute Gasteiger partial charge is 0.507 e. The topological polar surface area (TPSA) is 35.8 Å². The zero-order chi connectivity index (χ0) is 18.1. The van der Waals surface area contributed by atoms with E-state index in [0.29, 0.717) is 22.7 Å². The summed E-state index contributed by atoms with van der Waals surface area (Å²) in [4.78, 5) is 0. The van der Waals surface area contributed by atoms with E-state index in [0.717, 1.165) is 11.3 Å². The predicted molar refractivity (Wildman–Crippen MR) is 102 cm³/mol. The van der Waals surface area contributed by atoms with E-state index in [4.69, 9.17) is 16.7 Å². The van der Waals surface area contributed by atoms with Gasteiger partial charge < -0.3 is 5.11 Å². The molecule has 26 heavy (non-hydrogen) atoms. The van der Waals surface area contributed by atoms with Crippen molar-refractivity contribution in [3.8, 4) is 5.75 Å². The highest BCUT2D eigenvalue weighted by atomic mass is 35.5. The first kappa shape index (κ1) is 16.6. The summed E-state index contributed by atoms with van der Waals surface area (Å²) in [6, 6.07) is 21.3. The van der Waals surface area contributed by atoms with Crippen LogP contribution in [0.4, 0.5) is 10.1 Å². The fraction of sp³-hybridized carbons (Fsp3) is 0.0952. The molecule has 0 spiro atoms. The average Bonchev–Trinajstić information content (AvgIpc) is 3.10. The van der Waals surface area contributed by atoms with Gasteiger partial charge in [0.15, 0.2) is 0 Å². The number of hydrazone groups is 1. The van der Waals surface area contributed by atoms with Gasteiger partial charge in [-0.1, -0.05) is 41.9 Å². The van der Waals surface area contributed by atoms with Crippen LogP contribution < -0.4 is 5.01 Å². The molecule has 5 heteroatoms. The Hall–Kier alpha value is -2.85. The summed E-state index contributed by atoms with van der Waals surface area (Å²) in [6.45, 7) is 0. The van der Waals surface area contributed by atoms with Gasteiger partial charge in [0.1, 0.15) is 11.6 Å². The van der Waals surface area contributed by atoms with Gasteiger partial charge in [0.05, 0.1) is 17.4 Å². The fourth-order valence-corrected chi connectivity index (χ4v) is 3.30. The van der Waals surface area contributed by atoms with Crippen LogP contribution in [0.5, 0.6) is 5.75 Å². The normalized spacial score (nSPS) is 16.6. The van der Waals surface area contributed by atoms with Crippen LogP contribution in [0, 0.1) is 5.82 Å². The molecular weight excluding hydrogens is 351 g/mol. The van der Waals surface area contributed by atoms with Crippen LogP contribution in [0.1, 0.15) is 23.6 Å². The van der Waals surface area contributed by atoms with Crippen LogP contribution in [0.15, 0.2) is 77.9 Å². The third kappa shape index (κ3) is 3.16. The second-order valence-corrected chi connectivity index (χ2v) is 6.60. The van der Waals surface area contributed by atoms with Gasteiger partial charge in [-0.3, -0.25) is 5.01 Å². The Labute approximate surface area is 156 Å². The van der Waals surface area contributed by atoms with Crippen molar-refractivity contribution in [2.45, 2.75) is 12.5 Å². The number of aromatic hydroxyl groups is 1. The van der Waals surface area contributed by atoms with Crippen LogP contribution in [-0.4, -0.2) is 10.8 Å². The van der Waals surface area contributed by atoms with E-state index in [1.807, 2.05) is 59.6 Å².